The fourth-order valence-corrected chi connectivity index (χ4v) is 3.56. The first-order valence-electron chi connectivity index (χ1n) is 7.51. The van der Waals surface area contributed by atoms with Gasteiger partial charge in [-0.1, -0.05) is 48.5 Å². The molecule has 112 valence electrons. The van der Waals surface area contributed by atoms with E-state index in [9.17, 15) is 4.79 Å². The summed E-state index contributed by atoms with van der Waals surface area (Å²) < 4.78 is 0. The Morgan fingerprint density at radius 3 is 2.73 bits per heavy atom. The van der Waals surface area contributed by atoms with Gasteiger partial charge < -0.3 is 5.32 Å². The van der Waals surface area contributed by atoms with Gasteiger partial charge in [0, 0.05) is 17.3 Å². The molecule has 0 aliphatic rings. The average Bonchev–Trinajstić information content (AvgIpc) is 3.00. The van der Waals surface area contributed by atoms with Gasteiger partial charge in [0.15, 0.2) is 0 Å². The first-order valence-corrected chi connectivity index (χ1v) is 8.39. The summed E-state index contributed by atoms with van der Waals surface area (Å²) in [5, 5.41) is 7.51. The van der Waals surface area contributed by atoms with Crippen molar-refractivity contribution >= 4 is 28.0 Å². The van der Waals surface area contributed by atoms with Gasteiger partial charge in [-0.25, -0.2) is 0 Å². The summed E-state index contributed by atoms with van der Waals surface area (Å²) >= 11 is 1.73. The molecule has 3 heteroatoms. The summed E-state index contributed by atoms with van der Waals surface area (Å²) in [6.45, 7) is 2.06. The first-order chi connectivity index (χ1) is 10.7. The first kappa shape index (κ1) is 14.8. The van der Waals surface area contributed by atoms with Crippen molar-refractivity contribution in [3.63, 3.8) is 0 Å². The van der Waals surface area contributed by atoms with E-state index in [4.69, 9.17) is 0 Å². The number of fused-ring (bicyclic) bond motifs is 1. The van der Waals surface area contributed by atoms with E-state index in [1.54, 1.807) is 11.3 Å². The Kier molecular flexibility index (Phi) is 4.54. The number of benzene rings is 2. The van der Waals surface area contributed by atoms with Crippen LogP contribution in [0.25, 0.3) is 10.8 Å². The molecule has 0 fully saturated rings. The number of rotatable bonds is 5. The van der Waals surface area contributed by atoms with Gasteiger partial charge in [-0.05, 0) is 34.7 Å². The van der Waals surface area contributed by atoms with Crippen molar-refractivity contribution in [1.82, 2.24) is 5.32 Å². The van der Waals surface area contributed by atoms with Crippen LogP contribution in [0.1, 0.15) is 17.4 Å². The molecule has 2 aromatic carbocycles. The molecule has 1 N–H and O–H groups in total. The smallest absolute Gasteiger partial charge is 0.224 e. The molecule has 0 saturated heterocycles. The highest BCUT2D eigenvalue weighted by molar-refractivity contribution is 7.09. The van der Waals surface area contributed by atoms with Crippen molar-refractivity contribution in [2.24, 2.45) is 0 Å². The second kappa shape index (κ2) is 6.75. The number of carbonyl (C=O) groups excluding carboxylic acids is 1. The van der Waals surface area contributed by atoms with Crippen molar-refractivity contribution in [1.29, 1.82) is 0 Å². The standard InChI is InChI=1S/C19H19NOS/c1-14(12-17-9-5-11-22-17)20-19(21)13-16-8-4-7-15-6-2-3-10-18(15)16/h2-11,14H,12-13H2,1H3,(H,20,21)/t14-/m0/s1. The highest BCUT2D eigenvalue weighted by Gasteiger charge is 2.11. The molecule has 0 aliphatic heterocycles. The van der Waals surface area contributed by atoms with E-state index in [1.807, 2.05) is 30.3 Å². The number of nitrogens with one attached hydrogen (secondary N) is 1. The molecule has 22 heavy (non-hydrogen) atoms. The summed E-state index contributed by atoms with van der Waals surface area (Å²) in [4.78, 5) is 13.6. The average molecular weight is 309 g/mol. The number of hydrogen-bond donors (Lipinski definition) is 1. The third kappa shape index (κ3) is 3.55. The van der Waals surface area contributed by atoms with Gasteiger partial charge in [0.2, 0.25) is 5.91 Å². The molecule has 0 saturated carbocycles. The number of carbonyl (C=O) groups is 1. The highest BCUT2D eigenvalue weighted by Crippen LogP contribution is 2.19. The quantitative estimate of drug-likeness (QED) is 0.752. The second-order valence-electron chi connectivity index (χ2n) is 5.57. The maximum atomic E-state index is 12.3. The van der Waals surface area contributed by atoms with Crippen LogP contribution in [0.2, 0.25) is 0 Å². The van der Waals surface area contributed by atoms with E-state index in [0.29, 0.717) is 6.42 Å². The molecule has 0 unspecified atom stereocenters. The van der Waals surface area contributed by atoms with Crippen LogP contribution < -0.4 is 5.32 Å². The zero-order valence-electron chi connectivity index (χ0n) is 12.6. The van der Waals surface area contributed by atoms with E-state index >= 15 is 0 Å². The Morgan fingerprint density at radius 2 is 1.91 bits per heavy atom. The monoisotopic (exact) mass is 309 g/mol. The molecule has 2 nitrogen and oxygen atoms in total. The van der Waals surface area contributed by atoms with Crippen LogP contribution >= 0.6 is 11.3 Å². The maximum absolute atomic E-state index is 12.3. The van der Waals surface area contributed by atoms with Crippen molar-refractivity contribution in [3.8, 4) is 0 Å². The van der Waals surface area contributed by atoms with Gasteiger partial charge in [-0.15, -0.1) is 11.3 Å². The summed E-state index contributed by atoms with van der Waals surface area (Å²) in [5.41, 5.74) is 1.08. The van der Waals surface area contributed by atoms with Crippen LogP contribution in [-0.2, 0) is 17.6 Å². The molecular formula is C19H19NOS. The third-order valence-corrected chi connectivity index (χ3v) is 4.62. The summed E-state index contributed by atoms with van der Waals surface area (Å²) in [6, 6.07) is 18.6. The topological polar surface area (TPSA) is 29.1 Å². The lowest BCUT2D eigenvalue weighted by Crippen LogP contribution is -2.35. The third-order valence-electron chi connectivity index (χ3n) is 3.73. The summed E-state index contributed by atoms with van der Waals surface area (Å²) in [7, 11) is 0. The van der Waals surface area contributed by atoms with Crippen molar-refractivity contribution < 1.29 is 4.79 Å². The van der Waals surface area contributed by atoms with Gasteiger partial charge in [0.1, 0.15) is 0 Å². The Hall–Kier alpha value is -2.13. The van der Waals surface area contributed by atoms with Crippen LogP contribution in [0, 0.1) is 0 Å². The number of amides is 1. The fraction of sp³-hybridized carbons (Fsp3) is 0.211. The molecular weight excluding hydrogens is 290 g/mol. The molecule has 3 rings (SSSR count). The van der Waals surface area contributed by atoms with E-state index in [-0.39, 0.29) is 11.9 Å². The minimum Gasteiger partial charge on any atom is -0.353 e. The Bertz CT molecular complexity index is 759. The van der Waals surface area contributed by atoms with Crippen LogP contribution in [0.3, 0.4) is 0 Å². The Balaban J connectivity index is 1.65. The van der Waals surface area contributed by atoms with Crippen molar-refractivity contribution in [2.75, 3.05) is 0 Å². The molecule has 1 amide bonds. The lowest BCUT2D eigenvalue weighted by molar-refractivity contribution is -0.121. The lowest BCUT2D eigenvalue weighted by atomic mass is 10.0. The maximum Gasteiger partial charge on any atom is 0.224 e. The van der Waals surface area contributed by atoms with Gasteiger partial charge in [-0.2, -0.15) is 0 Å². The molecule has 1 atom stereocenters. The van der Waals surface area contributed by atoms with Crippen LogP contribution in [0.4, 0.5) is 0 Å². The zero-order chi connectivity index (χ0) is 15.4. The minimum atomic E-state index is 0.0837. The molecule has 0 radical (unpaired) electrons. The zero-order valence-corrected chi connectivity index (χ0v) is 13.4. The molecule has 0 spiro atoms. The molecule has 1 aromatic heterocycles. The summed E-state index contributed by atoms with van der Waals surface area (Å²) in [6.07, 6.45) is 1.31. The van der Waals surface area contributed by atoms with Gasteiger partial charge in [0.25, 0.3) is 0 Å². The lowest BCUT2D eigenvalue weighted by Gasteiger charge is -2.13. The molecule has 0 aliphatic carbocycles. The van der Waals surface area contributed by atoms with E-state index in [1.165, 1.54) is 10.3 Å². The largest absolute Gasteiger partial charge is 0.353 e. The van der Waals surface area contributed by atoms with Crippen molar-refractivity contribution in [3.05, 3.63) is 70.4 Å². The van der Waals surface area contributed by atoms with Gasteiger partial charge in [0.05, 0.1) is 6.42 Å². The van der Waals surface area contributed by atoms with Gasteiger partial charge in [-0.3, -0.25) is 4.79 Å². The predicted octanol–water partition coefficient (Wildman–Crippen LogP) is 4.19. The minimum absolute atomic E-state index is 0.0837. The molecule has 3 aromatic rings. The summed E-state index contributed by atoms with van der Waals surface area (Å²) in [5.74, 6) is 0.0837. The molecule has 1 heterocycles. The van der Waals surface area contributed by atoms with Crippen LogP contribution in [0.15, 0.2) is 60.0 Å². The van der Waals surface area contributed by atoms with Gasteiger partial charge >= 0.3 is 0 Å². The predicted molar refractivity (Wildman–Crippen MR) is 93.3 cm³/mol. The normalized spacial score (nSPS) is 12.2. The van der Waals surface area contributed by atoms with Crippen LogP contribution in [0.5, 0.6) is 0 Å². The van der Waals surface area contributed by atoms with E-state index < -0.39 is 0 Å². The van der Waals surface area contributed by atoms with Crippen molar-refractivity contribution in [2.45, 2.75) is 25.8 Å². The van der Waals surface area contributed by atoms with E-state index in [2.05, 4.69) is 41.9 Å². The fourth-order valence-electron chi connectivity index (χ4n) is 2.73. The van der Waals surface area contributed by atoms with Crippen LogP contribution in [-0.4, -0.2) is 11.9 Å². The second-order valence-corrected chi connectivity index (χ2v) is 6.60. The Morgan fingerprint density at radius 1 is 1.09 bits per heavy atom. The number of thiophene rings is 1. The highest BCUT2D eigenvalue weighted by atomic mass is 32.1. The van der Waals surface area contributed by atoms with E-state index in [0.717, 1.165) is 17.4 Å². The molecule has 0 bridgehead atoms. The SMILES string of the molecule is C[C@@H](Cc1cccs1)NC(=O)Cc1cccc2ccccc12. The Labute approximate surface area is 134 Å². The number of hydrogen-bond acceptors (Lipinski definition) is 2.